The normalized spacial score (nSPS) is 31.1. The average molecular weight is 306 g/mol. The molecular formula is C11H15IO2. The van der Waals surface area contributed by atoms with Gasteiger partial charge in [-0.1, -0.05) is 36.4 Å². The van der Waals surface area contributed by atoms with Crippen molar-refractivity contribution < 1.29 is 9.53 Å². The van der Waals surface area contributed by atoms with Crippen LogP contribution >= 0.6 is 22.6 Å². The van der Waals surface area contributed by atoms with Gasteiger partial charge in [-0.2, -0.15) is 0 Å². The SMILES string of the molecule is CC1(C)CCOC2=C1C(=O)C(I)CC2. The van der Waals surface area contributed by atoms with E-state index < -0.39 is 0 Å². The molecule has 0 spiro atoms. The number of carbonyl (C=O) groups excluding carboxylic acids is 1. The average Bonchev–Trinajstić information content (AvgIpc) is 2.10. The van der Waals surface area contributed by atoms with E-state index in [1.807, 2.05) is 0 Å². The lowest BCUT2D eigenvalue weighted by Gasteiger charge is -2.37. The Bertz CT molecular complexity index is 304. The van der Waals surface area contributed by atoms with Gasteiger partial charge in [0.15, 0.2) is 5.78 Å². The Labute approximate surface area is 98.2 Å². The maximum absolute atomic E-state index is 12.0. The number of Topliss-reactive ketones (excluding diaryl/α,β-unsaturated/α-hetero) is 1. The molecule has 2 rings (SSSR count). The summed E-state index contributed by atoms with van der Waals surface area (Å²) in [6.07, 6.45) is 2.84. The first-order valence-corrected chi connectivity index (χ1v) is 6.31. The molecule has 2 aliphatic rings. The van der Waals surface area contributed by atoms with E-state index in [9.17, 15) is 4.79 Å². The minimum atomic E-state index is 0.0223. The number of allylic oxidation sites excluding steroid dienone is 2. The summed E-state index contributed by atoms with van der Waals surface area (Å²) in [6, 6.07) is 0. The van der Waals surface area contributed by atoms with Gasteiger partial charge in [-0.15, -0.1) is 0 Å². The van der Waals surface area contributed by atoms with Crippen LogP contribution in [0, 0.1) is 5.41 Å². The zero-order valence-electron chi connectivity index (χ0n) is 8.60. The molecule has 0 radical (unpaired) electrons. The number of halogens is 1. The first-order valence-electron chi connectivity index (χ1n) is 5.07. The molecule has 0 aromatic carbocycles. The van der Waals surface area contributed by atoms with E-state index in [-0.39, 0.29) is 9.34 Å². The highest BCUT2D eigenvalue weighted by atomic mass is 127. The van der Waals surface area contributed by atoms with E-state index in [0.29, 0.717) is 5.78 Å². The monoisotopic (exact) mass is 306 g/mol. The Morgan fingerprint density at radius 3 is 2.93 bits per heavy atom. The molecule has 0 bridgehead atoms. The molecule has 0 saturated heterocycles. The van der Waals surface area contributed by atoms with E-state index in [0.717, 1.165) is 37.2 Å². The standard InChI is InChI=1S/C11H15IO2/c1-11(2)5-6-14-8-4-3-7(12)10(13)9(8)11/h7H,3-6H2,1-2H3. The van der Waals surface area contributed by atoms with Crippen LogP contribution in [0.3, 0.4) is 0 Å². The largest absolute Gasteiger partial charge is 0.497 e. The second-order valence-corrected chi connectivity index (χ2v) is 6.15. The Hall–Kier alpha value is -0.0600. The molecule has 0 fully saturated rings. The summed E-state index contributed by atoms with van der Waals surface area (Å²) in [7, 11) is 0. The lowest BCUT2D eigenvalue weighted by Crippen LogP contribution is -2.36. The van der Waals surface area contributed by atoms with E-state index in [1.165, 1.54) is 0 Å². The second kappa shape index (κ2) is 3.51. The summed E-state index contributed by atoms with van der Waals surface area (Å²) in [6.45, 7) is 5.07. The molecule has 0 N–H and O–H groups in total. The number of hydrogen-bond donors (Lipinski definition) is 0. The molecule has 1 aliphatic carbocycles. The highest BCUT2D eigenvalue weighted by molar-refractivity contribution is 14.1. The molecule has 1 heterocycles. The van der Waals surface area contributed by atoms with Gasteiger partial charge in [-0.25, -0.2) is 0 Å². The van der Waals surface area contributed by atoms with Crippen molar-refractivity contribution in [2.45, 2.75) is 37.0 Å². The molecule has 3 heteroatoms. The minimum absolute atomic E-state index is 0.0223. The molecule has 1 aliphatic heterocycles. The summed E-state index contributed by atoms with van der Waals surface area (Å²) < 4.78 is 5.75. The third kappa shape index (κ3) is 1.59. The fourth-order valence-electron chi connectivity index (χ4n) is 2.22. The molecule has 1 unspecified atom stereocenters. The van der Waals surface area contributed by atoms with Crippen LogP contribution in [0.15, 0.2) is 11.3 Å². The van der Waals surface area contributed by atoms with E-state index >= 15 is 0 Å². The predicted octanol–water partition coefficient (Wildman–Crippen LogP) is 2.85. The summed E-state index contributed by atoms with van der Waals surface area (Å²) in [5.41, 5.74) is 0.989. The van der Waals surface area contributed by atoms with Crippen LogP contribution in [-0.2, 0) is 9.53 Å². The van der Waals surface area contributed by atoms with Gasteiger partial charge in [-0.05, 0) is 18.3 Å². The van der Waals surface area contributed by atoms with Crippen LogP contribution in [-0.4, -0.2) is 16.3 Å². The minimum Gasteiger partial charge on any atom is -0.497 e. The summed E-state index contributed by atoms with van der Waals surface area (Å²) in [5.74, 6) is 1.27. The fraction of sp³-hybridized carbons (Fsp3) is 0.727. The number of ketones is 1. The zero-order valence-corrected chi connectivity index (χ0v) is 10.8. The Kier molecular flexibility index (Phi) is 2.62. The molecule has 0 saturated carbocycles. The molecule has 78 valence electrons. The lowest BCUT2D eigenvalue weighted by atomic mass is 9.74. The third-order valence-corrected chi connectivity index (χ3v) is 4.30. The molecule has 0 aromatic heterocycles. The molecule has 0 aromatic rings. The fourth-order valence-corrected chi connectivity index (χ4v) is 2.84. The number of rotatable bonds is 0. The van der Waals surface area contributed by atoms with Gasteiger partial charge in [0, 0.05) is 12.0 Å². The van der Waals surface area contributed by atoms with E-state index in [2.05, 4.69) is 36.4 Å². The maximum atomic E-state index is 12.0. The van der Waals surface area contributed by atoms with Crippen molar-refractivity contribution in [3.63, 3.8) is 0 Å². The van der Waals surface area contributed by atoms with Crippen molar-refractivity contribution in [3.05, 3.63) is 11.3 Å². The Morgan fingerprint density at radius 2 is 2.21 bits per heavy atom. The third-order valence-electron chi connectivity index (χ3n) is 3.11. The number of ether oxygens (including phenoxy) is 1. The first kappa shape index (κ1) is 10.5. The topological polar surface area (TPSA) is 26.3 Å². The van der Waals surface area contributed by atoms with Crippen molar-refractivity contribution in [2.24, 2.45) is 5.41 Å². The van der Waals surface area contributed by atoms with Crippen molar-refractivity contribution >= 4 is 28.4 Å². The van der Waals surface area contributed by atoms with Crippen LogP contribution in [0.2, 0.25) is 0 Å². The molecule has 2 nitrogen and oxygen atoms in total. The second-order valence-electron chi connectivity index (χ2n) is 4.65. The van der Waals surface area contributed by atoms with E-state index in [4.69, 9.17) is 4.74 Å². The quantitative estimate of drug-likeness (QED) is 0.508. The van der Waals surface area contributed by atoms with Gasteiger partial charge in [0.05, 0.1) is 10.5 Å². The smallest absolute Gasteiger partial charge is 0.175 e. The zero-order chi connectivity index (χ0) is 10.3. The van der Waals surface area contributed by atoms with Gasteiger partial charge in [0.2, 0.25) is 0 Å². The van der Waals surface area contributed by atoms with Crippen molar-refractivity contribution in [1.82, 2.24) is 0 Å². The maximum Gasteiger partial charge on any atom is 0.175 e. The Morgan fingerprint density at radius 1 is 1.50 bits per heavy atom. The summed E-state index contributed by atoms with van der Waals surface area (Å²) >= 11 is 2.25. The van der Waals surface area contributed by atoms with Crippen LogP contribution in [0.4, 0.5) is 0 Å². The summed E-state index contributed by atoms with van der Waals surface area (Å²) in [4.78, 5) is 12.0. The number of alkyl halides is 1. The van der Waals surface area contributed by atoms with Crippen molar-refractivity contribution in [2.75, 3.05) is 6.61 Å². The van der Waals surface area contributed by atoms with Gasteiger partial charge in [-0.3, -0.25) is 4.79 Å². The van der Waals surface area contributed by atoms with Crippen LogP contribution in [0.25, 0.3) is 0 Å². The number of hydrogen-bond acceptors (Lipinski definition) is 2. The predicted molar refractivity (Wildman–Crippen MR) is 63.4 cm³/mol. The number of carbonyl (C=O) groups is 1. The van der Waals surface area contributed by atoms with Gasteiger partial charge >= 0.3 is 0 Å². The van der Waals surface area contributed by atoms with Gasteiger partial charge in [0.25, 0.3) is 0 Å². The highest BCUT2D eigenvalue weighted by Crippen LogP contribution is 2.43. The van der Waals surface area contributed by atoms with Gasteiger partial charge < -0.3 is 4.74 Å². The lowest BCUT2D eigenvalue weighted by molar-refractivity contribution is -0.117. The van der Waals surface area contributed by atoms with Crippen LogP contribution in [0.1, 0.15) is 33.1 Å². The molecule has 14 heavy (non-hydrogen) atoms. The van der Waals surface area contributed by atoms with Crippen LogP contribution in [0.5, 0.6) is 0 Å². The Balaban J connectivity index is 2.43. The van der Waals surface area contributed by atoms with Crippen LogP contribution < -0.4 is 0 Å². The van der Waals surface area contributed by atoms with E-state index in [1.54, 1.807) is 0 Å². The van der Waals surface area contributed by atoms with Crippen molar-refractivity contribution in [1.29, 1.82) is 0 Å². The highest BCUT2D eigenvalue weighted by Gasteiger charge is 2.40. The van der Waals surface area contributed by atoms with Gasteiger partial charge in [0.1, 0.15) is 5.76 Å². The molecule has 1 atom stereocenters. The molecule has 0 amide bonds. The molecular weight excluding hydrogens is 291 g/mol. The van der Waals surface area contributed by atoms with Crippen molar-refractivity contribution in [3.8, 4) is 0 Å². The summed E-state index contributed by atoms with van der Waals surface area (Å²) in [5, 5.41) is 0. The first-order chi connectivity index (χ1) is 6.52.